The second kappa shape index (κ2) is 18.8. The van der Waals surface area contributed by atoms with E-state index in [9.17, 15) is 24.0 Å². The highest BCUT2D eigenvalue weighted by Crippen LogP contribution is 2.40. The summed E-state index contributed by atoms with van der Waals surface area (Å²) < 4.78 is 25.4. The molecule has 382 valence electrons. The van der Waals surface area contributed by atoms with Crippen LogP contribution in [0.15, 0.2) is 88.7 Å². The van der Waals surface area contributed by atoms with Gasteiger partial charge in [-0.15, -0.1) is 0 Å². The first-order valence-electron chi connectivity index (χ1n) is 26.1. The third kappa shape index (κ3) is 8.46. The minimum atomic E-state index is -0.696. The number of carbonyl (C=O) groups is 3. The first-order valence-corrected chi connectivity index (χ1v) is 26.1. The van der Waals surface area contributed by atoms with Crippen molar-refractivity contribution in [3.8, 4) is 5.69 Å². The van der Waals surface area contributed by atoms with Gasteiger partial charge in [-0.25, -0.2) is 14.2 Å². The Hall–Kier alpha value is -7.44. The first-order chi connectivity index (χ1) is 35.8. The molecular weight excluding hydrogens is 940 g/mol. The molecule has 17 nitrogen and oxygen atoms in total. The van der Waals surface area contributed by atoms with Crippen molar-refractivity contribution >= 4 is 51.0 Å². The highest BCUT2D eigenvalue weighted by molar-refractivity contribution is 6.00. The van der Waals surface area contributed by atoms with Gasteiger partial charge >= 0.3 is 5.69 Å². The monoisotopic (exact) mass is 1000 g/mol. The van der Waals surface area contributed by atoms with Crippen LogP contribution in [0.2, 0.25) is 0 Å². The molecule has 0 bridgehead atoms. The zero-order valence-corrected chi connectivity index (χ0v) is 42.3. The lowest BCUT2D eigenvalue weighted by atomic mass is 9.89. The number of hydrogen-bond acceptors (Lipinski definition) is 10. The van der Waals surface area contributed by atoms with E-state index in [1.54, 1.807) is 39.5 Å². The van der Waals surface area contributed by atoms with Crippen molar-refractivity contribution in [2.24, 2.45) is 7.05 Å². The van der Waals surface area contributed by atoms with Crippen LogP contribution in [-0.4, -0.2) is 105 Å². The van der Waals surface area contributed by atoms with Crippen LogP contribution in [0.25, 0.3) is 33.3 Å². The number of pyridine rings is 2. The van der Waals surface area contributed by atoms with E-state index in [1.165, 1.54) is 11.6 Å². The van der Waals surface area contributed by atoms with Crippen LogP contribution >= 0.6 is 0 Å². The summed E-state index contributed by atoms with van der Waals surface area (Å²) in [5.74, 6) is -0.967. The number of aromatic nitrogens is 7. The average molecular weight is 1000 g/mol. The number of halogens is 1. The number of nitrogens with one attached hydrogen (secondary N) is 2. The van der Waals surface area contributed by atoms with Crippen LogP contribution in [0.4, 0.5) is 10.1 Å². The molecule has 74 heavy (non-hydrogen) atoms. The van der Waals surface area contributed by atoms with Gasteiger partial charge in [-0.05, 0) is 137 Å². The van der Waals surface area contributed by atoms with Crippen LogP contribution in [-0.2, 0) is 36.3 Å². The average Bonchev–Trinajstić information content (AvgIpc) is 3.97. The van der Waals surface area contributed by atoms with Crippen molar-refractivity contribution in [1.82, 2.24) is 53.0 Å². The van der Waals surface area contributed by atoms with Crippen molar-refractivity contribution in [3.05, 3.63) is 145 Å². The van der Waals surface area contributed by atoms with E-state index in [0.717, 1.165) is 107 Å². The lowest BCUT2D eigenvalue weighted by Gasteiger charge is -2.32. The van der Waals surface area contributed by atoms with E-state index in [2.05, 4.69) is 67.2 Å². The van der Waals surface area contributed by atoms with Gasteiger partial charge in [0.1, 0.15) is 17.5 Å². The minimum Gasteiger partial charge on any atom is -0.388 e. The van der Waals surface area contributed by atoms with Gasteiger partial charge in [0.05, 0.1) is 41.2 Å². The number of nitrogens with zero attached hydrogens (tertiary/aromatic N) is 10. The molecule has 2 saturated heterocycles. The Morgan fingerprint density at radius 1 is 0.892 bits per heavy atom. The van der Waals surface area contributed by atoms with E-state index in [0.29, 0.717) is 62.6 Å². The molecule has 1 unspecified atom stereocenters. The zero-order chi connectivity index (χ0) is 51.1. The quantitative estimate of drug-likeness (QED) is 0.133. The Morgan fingerprint density at radius 3 is 2.45 bits per heavy atom. The maximum atomic E-state index is 16.2. The Morgan fingerprint density at radius 2 is 1.72 bits per heavy atom. The largest absolute Gasteiger partial charge is 0.388 e. The number of hydrogen-bond donors (Lipinski definition) is 2. The van der Waals surface area contributed by atoms with E-state index in [1.807, 2.05) is 47.5 Å². The van der Waals surface area contributed by atoms with Crippen molar-refractivity contribution in [2.45, 2.75) is 102 Å². The Labute approximate surface area is 426 Å². The molecule has 2 atom stereocenters. The van der Waals surface area contributed by atoms with Gasteiger partial charge in [-0.1, -0.05) is 12.1 Å². The highest BCUT2D eigenvalue weighted by atomic mass is 19.1. The lowest BCUT2D eigenvalue weighted by Crippen LogP contribution is -2.44. The number of anilines is 1. The smallest absolute Gasteiger partial charge is 0.330 e. The molecule has 4 aliphatic heterocycles. The van der Waals surface area contributed by atoms with Crippen LogP contribution < -0.4 is 21.9 Å². The molecule has 12 rings (SSSR count). The second-order valence-electron chi connectivity index (χ2n) is 21.0. The summed E-state index contributed by atoms with van der Waals surface area (Å²) in [4.78, 5) is 76.9. The number of imidazole rings is 1. The van der Waals surface area contributed by atoms with Gasteiger partial charge < -0.3 is 14.8 Å². The number of carbonyl (C=O) groups excluding carboxylic acids is 3. The number of fused-ring (bicyclic) bond motifs is 3. The molecule has 5 aliphatic rings. The van der Waals surface area contributed by atoms with Crippen molar-refractivity contribution in [1.29, 1.82) is 0 Å². The number of rotatable bonds is 11. The summed E-state index contributed by atoms with van der Waals surface area (Å²) in [7, 11) is 3.79. The maximum absolute atomic E-state index is 16.2. The third-order valence-electron chi connectivity index (χ3n) is 16.4. The predicted octanol–water partition coefficient (Wildman–Crippen LogP) is 6.72. The standard InChI is InChI=1S/C56H61FN12O5/c1-33-25-38(26-44(57)52(33)36-14-20-64(21-15-36)34(2)48-30-43-45(11-17-59-53(43)62(48)4)66-22-16-39(58-3)29-51(66)71)55(73)65-23-24-67-42(32-65)28-40(61-67)31-63-18-12-35(13-19-63)37-5-8-46-49(27-37)68(41-6-7-41)56(74)69(46)47-9-10-50(70)60-54(47)72/h5,8,11,14,16-17,22,25-30,34-35,41,47,58H,6-7,9-10,12-13,15,18-21,23-24,31-32H2,1-4H3,(H,60,70,72)/t34-,47?/m0/s1. The van der Waals surface area contributed by atoms with Crippen molar-refractivity contribution in [3.63, 3.8) is 0 Å². The van der Waals surface area contributed by atoms with Gasteiger partial charge in [0.15, 0.2) is 0 Å². The summed E-state index contributed by atoms with van der Waals surface area (Å²) in [5.41, 5.74) is 10.4. The molecule has 2 N–H and O–H groups in total. The second-order valence-corrected chi connectivity index (χ2v) is 21.0. The fourth-order valence-corrected chi connectivity index (χ4v) is 12.2. The van der Waals surface area contributed by atoms with Gasteiger partial charge in [0, 0.05) is 105 Å². The summed E-state index contributed by atoms with van der Waals surface area (Å²) in [5, 5.41) is 11.3. The molecule has 7 aromatic rings. The molecule has 0 spiro atoms. The number of amides is 3. The molecule has 1 saturated carbocycles. The number of benzene rings is 2. The topological polar surface area (TPSA) is 170 Å². The lowest BCUT2D eigenvalue weighted by molar-refractivity contribution is -0.135. The minimum absolute atomic E-state index is 0.0182. The molecule has 18 heteroatoms. The first kappa shape index (κ1) is 47.6. The number of likely N-dealkylation sites (tertiary alicyclic amines) is 1. The molecule has 5 aromatic heterocycles. The maximum Gasteiger partial charge on any atom is 0.330 e. The van der Waals surface area contributed by atoms with E-state index < -0.39 is 11.9 Å². The van der Waals surface area contributed by atoms with Gasteiger partial charge in [0.25, 0.3) is 11.5 Å². The summed E-state index contributed by atoms with van der Waals surface area (Å²) in [6.45, 7) is 9.31. The highest BCUT2D eigenvalue weighted by Gasteiger charge is 2.36. The van der Waals surface area contributed by atoms with Crippen molar-refractivity contribution < 1.29 is 18.8 Å². The Bertz CT molecular complexity index is 3560. The van der Waals surface area contributed by atoms with E-state index in [4.69, 9.17) is 5.10 Å². The van der Waals surface area contributed by atoms with Crippen LogP contribution in [0.1, 0.15) is 120 Å². The summed E-state index contributed by atoms with van der Waals surface area (Å²) in [6.07, 6.45) is 10.6. The fraction of sp³-hybridized carbons (Fsp3) is 0.411. The molecular formula is C56H61FN12O5. The Balaban J connectivity index is 0.672. The molecule has 9 heterocycles. The van der Waals surface area contributed by atoms with E-state index >= 15 is 4.39 Å². The molecule has 2 aromatic carbocycles. The number of imide groups is 1. The van der Waals surface area contributed by atoms with Gasteiger partial charge in [-0.3, -0.25) is 52.7 Å². The molecule has 3 fully saturated rings. The van der Waals surface area contributed by atoms with Crippen LogP contribution in [0.3, 0.4) is 0 Å². The molecule has 3 amide bonds. The number of aryl methyl sites for hydroxylation is 2. The fourth-order valence-electron chi connectivity index (χ4n) is 12.2. The molecule has 1 aliphatic carbocycles. The summed E-state index contributed by atoms with van der Waals surface area (Å²) >= 11 is 0. The Kier molecular flexibility index (Phi) is 12.1. The predicted molar refractivity (Wildman–Crippen MR) is 280 cm³/mol. The van der Waals surface area contributed by atoms with Crippen LogP contribution in [0, 0.1) is 12.7 Å². The van der Waals surface area contributed by atoms with Crippen molar-refractivity contribution in [2.75, 3.05) is 45.1 Å². The zero-order valence-electron chi connectivity index (χ0n) is 42.3. The van der Waals surface area contributed by atoms with E-state index in [-0.39, 0.29) is 47.4 Å². The van der Waals surface area contributed by atoms with Crippen LogP contribution in [0.5, 0.6) is 0 Å². The van der Waals surface area contributed by atoms with Gasteiger partial charge in [0.2, 0.25) is 11.8 Å². The normalized spacial score (nSPS) is 19.5. The van der Waals surface area contributed by atoms with Gasteiger partial charge in [-0.2, -0.15) is 5.10 Å². The summed E-state index contributed by atoms with van der Waals surface area (Å²) in [6, 6.07) is 18.5. The number of piperidine rings is 2. The SMILES string of the molecule is CNc1ccn(-c2ccnc3c2cc([C@H](C)N2CC=C(c4c(C)cc(C(=O)N5CCn6nc(CN7CCC(c8ccc9c(c8)n(C8CC8)c(=O)n9C8CCC(=O)NC8=O)CC7)cc6C5)cc4F)CC2)n3C)c(=O)c1. The molecule has 0 radical (unpaired) electrons. The third-order valence-corrected chi connectivity index (χ3v) is 16.4.